The lowest BCUT2D eigenvalue weighted by molar-refractivity contribution is 0.156. The van der Waals surface area contributed by atoms with Gasteiger partial charge >= 0.3 is 0 Å². The third-order valence-corrected chi connectivity index (χ3v) is 2.34. The van der Waals surface area contributed by atoms with E-state index in [1.165, 1.54) is 5.69 Å². The van der Waals surface area contributed by atoms with Crippen molar-refractivity contribution in [2.75, 3.05) is 0 Å². The Hall–Kier alpha value is -0.830. The highest BCUT2D eigenvalue weighted by molar-refractivity contribution is 5.22. The van der Waals surface area contributed by atoms with Gasteiger partial charge in [-0.2, -0.15) is 5.10 Å². The molecule has 60 valence electrons. The van der Waals surface area contributed by atoms with Gasteiger partial charge in [-0.1, -0.05) is 0 Å². The van der Waals surface area contributed by atoms with Crippen LogP contribution in [0.25, 0.3) is 0 Å². The average molecular weight is 152 g/mol. The van der Waals surface area contributed by atoms with Gasteiger partial charge in [0.15, 0.2) is 0 Å². The summed E-state index contributed by atoms with van der Waals surface area (Å²) in [5, 5.41) is 13.6. The predicted molar refractivity (Wildman–Crippen MR) is 41.1 cm³/mol. The molecule has 3 nitrogen and oxygen atoms in total. The number of aromatic nitrogens is 2. The normalized spacial score (nSPS) is 23.3. The first-order valence-corrected chi connectivity index (χ1v) is 3.98. The van der Waals surface area contributed by atoms with E-state index in [-0.39, 0.29) is 6.10 Å². The fourth-order valence-corrected chi connectivity index (χ4v) is 1.68. The minimum atomic E-state index is -0.271. The fraction of sp³-hybridized carbons (Fsp3) is 0.625. The quantitative estimate of drug-likeness (QED) is 0.597. The van der Waals surface area contributed by atoms with Gasteiger partial charge in [-0.3, -0.25) is 4.68 Å². The highest BCUT2D eigenvalue weighted by atomic mass is 16.3. The number of rotatable bonds is 0. The summed E-state index contributed by atoms with van der Waals surface area (Å²) in [6.07, 6.45) is 4.53. The largest absolute Gasteiger partial charge is 0.388 e. The maximum Gasteiger partial charge on any atom is 0.0823 e. The molecular formula is C8H12N2O. The van der Waals surface area contributed by atoms with Crippen molar-refractivity contribution in [2.24, 2.45) is 7.05 Å². The number of hydrogen-bond donors (Lipinski definition) is 1. The Balaban J connectivity index is 2.46. The molecule has 0 fully saturated rings. The molecule has 1 heterocycles. The topological polar surface area (TPSA) is 38.0 Å². The number of hydrogen-bond acceptors (Lipinski definition) is 2. The molecule has 1 aliphatic carbocycles. The van der Waals surface area contributed by atoms with Gasteiger partial charge in [0.05, 0.1) is 12.3 Å². The molecule has 11 heavy (non-hydrogen) atoms. The summed E-state index contributed by atoms with van der Waals surface area (Å²) in [6, 6.07) is 0. The standard InChI is InChI=1S/C8H12N2O/c1-10-7-3-2-4-8(11)6(7)5-9-10/h5,8,11H,2-4H2,1H3/t8-/m0/s1. The summed E-state index contributed by atoms with van der Waals surface area (Å²) < 4.78 is 1.86. The van der Waals surface area contributed by atoms with Crippen LogP contribution in [-0.4, -0.2) is 14.9 Å². The Morgan fingerprint density at radius 2 is 2.55 bits per heavy atom. The van der Waals surface area contributed by atoms with Crippen LogP contribution in [0.15, 0.2) is 6.20 Å². The lowest BCUT2D eigenvalue weighted by atomic mass is 9.95. The van der Waals surface area contributed by atoms with Gasteiger partial charge in [-0.25, -0.2) is 0 Å². The molecule has 0 bridgehead atoms. The summed E-state index contributed by atoms with van der Waals surface area (Å²) in [5.74, 6) is 0. The minimum absolute atomic E-state index is 0.271. The molecule has 0 saturated carbocycles. The van der Waals surface area contributed by atoms with Crippen molar-refractivity contribution >= 4 is 0 Å². The molecule has 3 heteroatoms. The van der Waals surface area contributed by atoms with Gasteiger partial charge in [0.2, 0.25) is 0 Å². The molecule has 1 aliphatic rings. The van der Waals surface area contributed by atoms with Gasteiger partial charge in [-0.05, 0) is 19.3 Å². The van der Waals surface area contributed by atoms with E-state index in [1.807, 2.05) is 11.7 Å². The second-order valence-electron chi connectivity index (χ2n) is 3.08. The zero-order valence-electron chi connectivity index (χ0n) is 6.62. The first-order chi connectivity index (χ1) is 5.29. The number of aryl methyl sites for hydroxylation is 1. The van der Waals surface area contributed by atoms with Crippen LogP contribution in [0.3, 0.4) is 0 Å². The summed E-state index contributed by atoms with van der Waals surface area (Å²) in [4.78, 5) is 0. The third kappa shape index (κ3) is 0.959. The van der Waals surface area contributed by atoms with Crippen molar-refractivity contribution in [2.45, 2.75) is 25.4 Å². The molecule has 0 spiro atoms. The lowest BCUT2D eigenvalue weighted by Gasteiger charge is -2.17. The number of aliphatic hydroxyl groups excluding tert-OH is 1. The molecule has 0 aliphatic heterocycles. The van der Waals surface area contributed by atoms with E-state index in [4.69, 9.17) is 0 Å². The summed E-state index contributed by atoms with van der Waals surface area (Å²) >= 11 is 0. The zero-order chi connectivity index (χ0) is 7.84. The van der Waals surface area contributed by atoms with Crippen LogP contribution in [0.5, 0.6) is 0 Å². The van der Waals surface area contributed by atoms with Crippen LogP contribution in [0.1, 0.15) is 30.2 Å². The first kappa shape index (κ1) is 6.85. The Kier molecular flexibility index (Phi) is 1.46. The predicted octanol–water partition coefficient (Wildman–Crippen LogP) is 0.790. The first-order valence-electron chi connectivity index (χ1n) is 3.98. The van der Waals surface area contributed by atoms with Crippen LogP contribution in [0.4, 0.5) is 0 Å². The van der Waals surface area contributed by atoms with E-state index in [0.29, 0.717) is 0 Å². The second kappa shape index (κ2) is 2.34. The molecule has 1 N–H and O–H groups in total. The van der Waals surface area contributed by atoms with Crippen LogP contribution in [-0.2, 0) is 13.5 Å². The van der Waals surface area contributed by atoms with E-state index in [1.54, 1.807) is 6.20 Å². The second-order valence-corrected chi connectivity index (χ2v) is 3.08. The van der Waals surface area contributed by atoms with E-state index < -0.39 is 0 Å². The fourth-order valence-electron chi connectivity index (χ4n) is 1.68. The Morgan fingerprint density at radius 3 is 3.27 bits per heavy atom. The molecular weight excluding hydrogens is 140 g/mol. The van der Waals surface area contributed by atoms with Crippen molar-refractivity contribution < 1.29 is 5.11 Å². The van der Waals surface area contributed by atoms with Crippen LogP contribution in [0.2, 0.25) is 0 Å². The number of aliphatic hydroxyl groups is 1. The Bertz CT molecular complexity index is 267. The van der Waals surface area contributed by atoms with Gasteiger partial charge in [0.25, 0.3) is 0 Å². The number of nitrogens with zero attached hydrogens (tertiary/aromatic N) is 2. The molecule has 0 saturated heterocycles. The Morgan fingerprint density at radius 1 is 1.73 bits per heavy atom. The molecule has 0 radical (unpaired) electrons. The highest BCUT2D eigenvalue weighted by Gasteiger charge is 2.20. The van der Waals surface area contributed by atoms with Crippen molar-refractivity contribution in [3.05, 3.63) is 17.5 Å². The van der Waals surface area contributed by atoms with Crippen molar-refractivity contribution in [3.63, 3.8) is 0 Å². The summed E-state index contributed by atoms with van der Waals surface area (Å²) in [6.45, 7) is 0. The third-order valence-electron chi connectivity index (χ3n) is 2.34. The molecule has 0 aromatic carbocycles. The molecule has 1 aromatic heterocycles. The molecule has 1 aromatic rings. The lowest BCUT2D eigenvalue weighted by Crippen LogP contribution is -2.10. The minimum Gasteiger partial charge on any atom is -0.388 e. The van der Waals surface area contributed by atoms with E-state index in [9.17, 15) is 5.11 Å². The maximum atomic E-state index is 9.52. The van der Waals surface area contributed by atoms with Crippen LogP contribution >= 0.6 is 0 Å². The Labute approximate surface area is 65.7 Å². The maximum absolute atomic E-state index is 9.52. The summed E-state index contributed by atoms with van der Waals surface area (Å²) in [7, 11) is 1.93. The van der Waals surface area contributed by atoms with Crippen LogP contribution in [0, 0.1) is 0 Å². The zero-order valence-corrected chi connectivity index (χ0v) is 6.62. The van der Waals surface area contributed by atoms with Crippen molar-refractivity contribution in [3.8, 4) is 0 Å². The molecule has 0 amide bonds. The van der Waals surface area contributed by atoms with Gasteiger partial charge in [0.1, 0.15) is 0 Å². The highest BCUT2D eigenvalue weighted by Crippen LogP contribution is 2.28. The number of fused-ring (bicyclic) bond motifs is 1. The molecule has 0 unspecified atom stereocenters. The average Bonchev–Trinajstić information content (AvgIpc) is 2.35. The van der Waals surface area contributed by atoms with Crippen molar-refractivity contribution in [1.29, 1.82) is 0 Å². The van der Waals surface area contributed by atoms with Gasteiger partial charge < -0.3 is 5.11 Å². The van der Waals surface area contributed by atoms with Crippen LogP contribution < -0.4 is 0 Å². The van der Waals surface area contributed by atoms with E-state index in [2.05, 4.69) is 5.10 Å². The monoisotopic (exact) mass is 152 g/mol. The smallest absolute Gasteiger partial charge is 0.0823 e. The van der Waals surface area contributed by atoms with Gasteiger partial charge in [0, 0.05) is 18.3 Å². The molecule has 1 atom stereocenters. The summed E-state index contributed by atoms with van der Waals surface area (Å²) in [5.41, 5.74) is 2.22. The van der Waals surface area contributed by atoms with Crippen molar-refractivity contribution in [1.82, 2.24) is 9.78 Å². The SMILES string of the molecule is Cn1ncc2c1CCC[C@@H]2O. The van der Waals surface area contributed by atoms with E-state index in [0.717, 1.165) is 24.8 Å². The van der Waals surface area contributed by atoms with E-state index >= 15 is 0 Å². The van der Waals surface area contributed by atoms with Gasteiger partial charge in [-0.15, -0.1) is 0 Å². The molecule has 2 rings (SSSR count).